The molecule has 1 aromatic heterocycles. The maximum absolute atomic E-state index is 13.0. The summed E-state index contributed by atoms with van der Waals surface area (Å²) in [6, 6.07) is 15.2. The van der Waals surface area contributed by atoms with E-state index in [-0.39, 0.29) is 23.8 Å². The van der Waals surface area contributed by atoms with E-state index in [4.69, 9.17) is 0 Å². The molecule has 0 spiro atoms. The van der Waals surface area contributed by atoms with Crippen molar-refractivity contribution < 1.29 is 22.7 Å². The molecule has 3 aromatic rings. The summed E-state index contributed by atoms with van der Waals surface area (Å²) in [5, 5.41) is 4.45. The van der Waals surface area contributed by atoms with Crippen LogP contribution in [0.25, 0.3) is 5.69 Å². The van der Waals surface area contributed by atoms with E-state index in [2.05, 4.69) is 9.84 Å². The van der Waals surface area contributed by atoms with Crippen LogP contribution in [0.2, 0.25) is 0 Å². The normalized spacial score (nSPS) is 11.4. The maximum Gasteiger partial charge on any atom is 0.573 e. The third-order valence-electron chi connectivity index (χ3n) is 4.46. The Labute approximate surface area is 166 Å². The Morgan fingerprint density at radius 3 is 2.34 bits per heavy atom. The van der Waals surface area contributed by atoms with Crippen LogP contribution in [-0.2, 0) is 6.54 Å². The highest BCUT2D eigenvalue weighted by molar-refractivity contribution is 5.96. The summed E-state index contributed by atoms with van der Waals surface area (Å²) in [6.07, 6.45) is -4.80. The Hall–Kier alpha value is -3.29. The van der Waals surface area contributed by atoms with E-state index in [0.717, 1.165) is 5.69 Å². The summed E-state index contributed by atoms with van der Waals surface area (Å²) in [6.45, 7) is 3.48. The summed E-state index contributed by atoms with van der Waals surface area (Å²) < 4.78 is 43.7. The van der Waals surface area contributed by atoms with Crippen molar-refractivity contribution in [3.8, 4) is 11.4 Å². The number of hydrogen-bond acceptors (Lipinski definition) is 3. The summed E-state index contributed by atoms with van der Waals surface area (Å²) in [7, 11) is 1.53. The van der Waals surface area contributed by atoms with Gasteiger partial charge in [0.25, 0.3) is 5.91 Å². The Morgan fingerprint density at radius 2 is 1.69 bits per heavy atom. The van der Waals surface area contributed by atoms with Crippen molar-refractivity contribution in [2.24, 2.45) is 0 Å². The predicted octanol–water partition coefficient (Wildman–Crippen LogP) is 4.66. The number of hydrogen-bond donors (Lipinski definition) is 0. The lowest BCUT2D eigenvalue weighted by Gasteiger charge is -2.20. The second-order valence-corrected chi connectivity index (χ2v) is 6.61. The highest BCUT2D eigenvalue weighted by Crippen LogP contribution is 2.28. The van der Waals surface area contributed by atoms with Gasteiger partial charge in [0.05, 0.1) is 22.6 Å². The molecule has 0 N–H and O–H groups in total. The molecular weight excluding hydrogens is 383 g/mol. The van der Waals surface area contributed by atoms with Gasteiger partial charge in [0, 0.05) is 19.2 Å². The van der Waals surface area contributed by atoms with Crippen LogP contribution < -0.4 is 4.74 Å². The van der Waals surface area contributed by atoms with Gasteiger partial charge >= 0.3 is 6.36 Å². The van der Waals surface area contributed by atoms with E-state index in [1.165, 1.54) is 30.1 Å². The number of amides is 1. The van der Waals surface area contributed by atoms with Gasteiger partial charge in [-0.25, -0.2) is 4.68 Å². The first-order chi connectivity index (χ1) is 13.7. The SMILES string of the molecule is Cc1nn(-c2ccccc2)c(C)c1C(=O)N(C)Cc1ccccc1OC(F)(F)F. The summed E-state index contributed by atoms with van der Waals surface area (Å²) in [4.78, 5) is 14.4. The van der Waals surface area contributed by atoms with Crippen LogP contribution in [0.15, 0.2) is 54.6 Å². The fourth-order valence-corrected chi connectivity index (χ4v) is 3.15. The Bertz CT molecular complexity index is 1010. The van der Waals surface area contributed by atoms with Crippen LogP contribution in [0, 0.1) is 13.8 Å². The lowest BCUT2D eigenvalue weighted by atomic mass is 10.1. The molecule has 2 aromatic carbocycles. The number of rotatable bonds is 5. The van der Waals surface area contributed by atoms with Gasteiger partial charge in [-0.15, -0.1) is 13.2 Å². The molecule has 1 heterocycles. The molecule has 0 saturated heterocycles. The van der Waals surface area contributed by atoms with E-state index in [9.17, 15) is 18.0 Å². The first kappa shape index (κ1) is 20.4. The van der Waals surface area contributed by atoms with Crippen LogP contribution in [-0.4, -0.2) is 34.0 Å². The van der Waals surface area contributed by atoms with Gasteiger partial charge in [-0.2, -0.15) is 5.10 Å². The molecule has 0 fully saturated rings. The van der Waals surface area contributed by atoms with Crippen molar-refractivity contribution in [2.45, 2.75) is 26.8 Å². The van der Waals surface area contributed by atoms with Gasteiger partial charge < -0.3 is 9.64 Å². The average Bonchev–Trinajstić information content (AvgIpc) is 2.96. The minimum atomic E-state index is -4.80. The van der Waals surface area contributed by atoms with Crippen LogP contribution in [0.3, 0.4) is 0 Å². The largest absolute Gasteiger partial charge is 0.573 e. The number of ether oxygens (including phenoxy) is 1. The smallest absolute Gasteiger partial charge is 0.405 e. The minimum Gasteiger partial charge on any atom is -0.405 e. The first-order valence-corrected chi connectivity index (χ1v) is 8.88. The molecule has 8 heteroatoms. The van der Waals surface area contributed by atoms with E-state index >= 15 is 0 Å². The molecule has 0 atom stereocenters. The number of alkyl halides is 3. The minimum absolute atomic E-state index is 0.0412. The second kappa shape index (κ2) is 7.98. The van der Waals surface area contributed by atoms with Crippen LogP contribution in [0.1, 0.15) is 27.3 Å². The number of halogens is 3. The fourth-order valence-electron chi connectivity index (χ4n) is 3.15. The quantitative estimate of drug-likeness (QED) is 0.623. The van der Waals surface area contributed by atoms with Crippen molar-refractivity contribution in [3.63, 3.8) is 0 Å². The zero-order valence-electron chi connectivity index (χ0n) is 16.2. The standard InChI is InChI=1S/C21H20F3N3O2/c1-14-19(15(2)27(25-14)17-10-5-4-6-11-17)20(28)26(3)13-16-9-7-8-12-18(16)29-21(22,23)24/h4-12H,13H2,1-3H3. The molecule has 0 aliphatic heterocycles. The van der Waals surface area contributed by atoms with E-state index in [1.54, 1.807) is 24.6 Å². The lowest BCUT2D eigenvalue weighted by Crippen LogP contribution is -2.28. The zero-order chi connectivity index (χ0) is 21.2. The van der Waals surface area contributed by atoms with Gasteiger partial charge in [-0.1, -0.05) is 36.4 Å². The first-order valence-electron chi connectivity index (χ1n) is 8.88. The monoisotopic (exact) mass is 403 g/mol. The third kappa shape index (κ3) is 4.59. The summed E-state index contributed by atoms with van der Waals surface area (Å²) in [5.41, 5.74) is 2.70. The Morgan fingerprint density at radius 1 is 1.07 bits per heavy atom. The van der Waals surface area contributed by atoms with Gasteiger partial charge in [0.2, 0.25) is 0 Å². The lowest BCUT2D eigenvalue weighted by molar-refractivity contribution is -0.275. The maximum atomic E-state index is 13.0. The van der Waals surface area contributed by atoms with Crippen LogP contribution in [0.5, 0.6) is 5.75 Å². The topological polar surface area (TPSA) is 47.4 Å². The number of aryl methyl sites for hydroxylation is 1. The molecule has 29 heavy (non-hydrogen) atoms. The highest BCUT2D eigenvalue weighted by Gasteiger charge is 2.32. The van der Waals surface area contributed by atoms with Crippen molar-refractivity contribution in [3.05, 3.63) is 77.1 Å². The molecule has 3 rings (SSSR count). The van der Waals surface area contributed by atoms with Crippen molar-refractivity contribution in [1.82, 2.24) is 14.7 Å². The summed E-state index contributed by atoms with van der Waals surface area (Å²) >= 11 is 0. The van der Waals surface area contributed by atoms with Gasteiger partial charge in [0.15, 0.2) is 0 Å². The summed E-state index contributed by atoms with van der Waals surface area (Å²) in [5.74, 6) is -0.655. The predicted molar refractivity (Wildman–Crippen MR) is 102 cm³/mol. The van der Waals surface area contributed by atoms with Crippen LogP contribution in [0.4, 0.5) is 13.2 Å². The van der Waals surface area contributed by atoms with E-state index in [1.807, 2.05) is 30.3 Å². The Kier molecular flexibility index (Phi) is 5.63. The number of carbonyl (C=O) groups is 1. The van der Waals surface area contributed by atoms with Gasteiger partial charge in [0.1, 0.15) is 5.75 Å². The van der Waals surface area contributed by atoms with Crippen LogP contribution >= 0.6 is 0 Å². The number of benzene rings is 2. The molecule has 1 amide bonds. The molecule has 0 bridgehead atoms. The third-order valence-corrected chi connectivity index (χ3v) is 4.46. The van der Waals surface area contributed by atoms with E-state index in [0.29, 0.717) is 17.0 Å². The number of carbonyl (C=O) groups excluding carboxylic acids is 1. The molecule has 5 nitrogen and oxygen atoms in total. The molecular formula is C21H20F3N3O2. The molecule has 0 radical (unpaired) electrons. The van der Waals surface area contributed by atoms with Gasteiger partial charge in [-0.3, -0.25) is 4.79 Å². The van der Waals surface area contributed by atoms with Crippen molar-refractivity contribution in [1.29, 1.82) is 0 Å². The van der Waals surface area contributed by atoms with Gasteiger partial charge in [-0.05, 0) is 32.0 Å². The second-order valence-electron chi connectivity index (χ2n) is 6.61. The fraction of sp³-hybridized carbons (Fsp3) is 0.238. The molecule has 0 aliphatic rings. The average molecular weight is 403 g/mol. The number of aromatic nitrogens is 2. The molecule has 0 unspecified atom stereocenters. The van der Waals surface area contributed by atoms with Crippen molar-refractivity contribution in [2.75, 3.05) is 7.05 Å². The molecule has 0 saturated carbocycles. The number of nitrogens with zero attached hydrogens (tertiary/aromatic N) is 3. The molecule has 152 valence electrons. The van der Waals surface area contributed by atoms with Crippen molar-refractivity contribution >= 4 is 5.91 Å². The zero-order valence-corrected chi connectivity index (χ0v) is 16.2. The highest BCUT2D eigenvalue weighted by atomic mass is 19.4. The molecule has 0 aliphatic carbocycles. The Balaban J connectivity index is 1.86. The van der Waals surface area contributed by atoms with E-state index < -0.39 is 6.36 Å². The number of para-hydroxylation sites is 2.